The van der Waals surface area contributed by atoms with Crippen LogP contribution in [-0.2, 0) is 14.8 Å². The van der Waals surface area contributed by atoms with Crippen LogP contribution in [0.1, 0.15) is 30.1 Å². The normalized spacial score (nSPS) is 11.0. The van der Waals surface area contributed by atoms with E-state index in [1.165, 1.54) is 0 Å². The van der Waals surface area contributed by atoms with Crippen molar-refractivity contribution in [3.8, 4) is 0 Å². The van der Waals surface area contributed by atoms with Crippen LogP contribution >= 0.6 is 15.9 Å². The Hall–Kier alpha value is -2.39. The van der Waals surface area contributed by atoms with Crippen molar-refractivity contribution < 1.29 is 18.0 Å². The first-order valence-corrected chi connectivity index (χ1v) is 11.8. The molecule has 0 aromatic heterocycles. The van der Waals surface area contributed by atoms with Gasteiger partial charge in [0, 0.05) is 11.0 Å². The predicted octanol–water partition coefficient (Wildman–Crippen LogP) is 3.38. The van der Waals surface area contributed by atoms with Gasteiger partial charge in [-0.3, -0.25) is 13.9 Å². The summed E-state index contributed by atoms with van der Waals surface area (Å²) in [6, 6.07) is 13.3. The molecule has 0 aliphatic carbocycles. The van der Waals surface area contributed by atoms with E-state index in [2.05, 4.69) is 26.6 Å². The third kappa shape index (κ3) is 6.86. The van der Waals surface area contributed by atoms with Crippen LogP contribution in [0.15, 0.2) is 53.0 Å². The fourth-order valence-electron chi connectivity index (χ4n) is 2.62. The molecular formula is C20H24BrN3O4S. The summed E-state index contributed by atoms with van der Waals surface area (Å²) in [5, 5.41) is 5.46. The number of halogens is 1. The fourth-order valence-corrected chi connectivity index (χ4v) is 3.85. The van der Waals surface area contributed by atoms with E-state index in [0.29, 0.717) is 28.0 Å². The van der Waals surface area contributed by atoms with E-state index in [4.69, 9.17) is 0 Å². The summed E-state index contributed by atoms with van der Waals surface area (Å²) in [5.41, 5.74) is 1.02. The van der Waals surface area contributed by atoms with Gasteiger partial charge in [0.25, 0.3) is 5.91 Å². The first-order chi connectivity index (χ1) is 13.7. The smallest absolute Gasteiger partial charge is 0.253 e. The Kier molecular flexibility index (Phi) is 8.21. The maximum atomic E-state index is 12.6. The van der Waals surface area contributed by atoms with Crippen molar-refractivity contribution in [1.82, 2.24) is 5.32 Å². The zero-order valence-corrected chi connectivity index (χ0v) is 18.7. The molecule has 0 unspecified atom stereocenters. The number of anilines is 2. The zero-order valence-electron chi connectivity index (χ0n) is 16.3. The minimum atomic E-state index is -3.69. The Balaban J connectivity index is 2.18. The molecule has 0 bridgehead atoms. The number of carbonyl (C=O) groups excluding carboxylic acids is 2. The average Bonchev–Trinajstić information content (AvgIpc) is 2.65. The molecule has 2 aromatic carbocycles. The number of amides is 2. The van der Waals surface area contributed by atoms with Crippen LogP contribution < -0.4 is 14.9 Å². The van der Waals surface area contributed by atoms with Gasteiger partial charge in [0.2, 0.25) is 15.9 Å². The van der Waals surface area contributed by atoms with Crippen molar-refractivity contribution in [3.63, 3.8) is 0 Å². The Labute approximate surface area is 179 Å². The molecule has 0 saturated carbocycles. The van der Waals surface area contributed by atoms with Crippen LogP contribution in [0.25, 0.3) is 0 Å². The largest absolute Gasteiger partial charge is 0.352 e. The number of hydrogen-bond acceptors (Lipinski definition) is 4. The van der Waals surface area contributed by atoms with Crippen LogP contribution in [0.2, 0.25) is 0 Å². The van der Waals surface area contributed by atoms with Gasteiger partial charge in [-0.25, -0.2) is 8.42 Å². The molecule has 29 heavy (non-hydrogen) atoms. The summed E-state index contributed by atoms with van der Waals surface area (Å²) < 4.78 is 26.1. The number of rotatable bonds is 9. The lowest BCUT2D eigenvalue weighted by atomic mass is 10.1. The molecule has 0 radical (unpaired) electrons. The van der Waals surface area contributed by atoms with Crippen molar-refractivity contribution in [2.45, 2.75) is 19.8 Å². The van der Waals surface area contributed by atoms with E-state index in [0.717, 1.165) is 23.4 Å². The average molecular weight is 482 g/mol. The molecule has 2 aromatic rings. The number of sulfonamides is 1. The van der Waals surface area contributed by atoms with E-state index < -0.39 is 22.5 Å². The molecule has 2 amide bonds. The molecular weight excluding hydrogens is 458 g/mol. The standard InChI is InChI=1S/C20H24BrN3O4S/c1-3-4-12-22-20(26)17-10-5-6-11-18(17)23-19(25)14-24(29(2,27)28)16-9-7-8-15(21)13-16/h5-11,13H,3-4,12,14H2,1-2H3,(H,22,26)(H,23,25). The van der Waals surface area contributed by atoms with Crippen LogP contribution in [0.4, 0.5) is 11.4 Å². The number of nitrogens with zero attached hydrogens (tertiary/aromatic N) is 1. The second kappa shape index (κ2) is 10.4. The third-order valence-corrected chi connectivity index (χ3v) is 5.68. The molecule has 2 rings (SSSR count). The molecule has 0 atom stereocenters. The molecule has 7 nitrogen and oxygen atoms in total. The Morgan fingerprint density at radius 2 is 1.83 bits per heavy atom. The number of nitrogens with one attached hydrogen (secondary N) is 2. The molecule has 0 aliphatic heterocycles. The van der Waals surface area contributed by atoms with Gasteiger partial charge in [0.15, 0.2) is 0 Å². The minimum absolute atomic E-state index is 0.290. The predicted molar refractivity (Wildman–Crippen MR) is 119 cm³/mol. The summed E-state index contributed by atoms with van der Waals surface area (Å²) in [5.74, 6) is -0.842. The lowest BCUT2D eigenvalue weighted by Crippen LogP contribution is -2.37. The topological polar surface area (TPSA) is 95.6 Å². The maximum Gasteiger partial charge on any atom is 0.253 e. The van der Waals surface area contributed by atoms with Crippen molar-refractivity contribution in [2.75, 3.05) is 29.0 Å². The monoisotopic (exact) mass is 481 g/mol. The van der Waals surface area contributed by atoms with E-state index in [9.17, 15) is 18.0 Å². The molecule has 9 heteroatoms. The molecule has 0 saturated heterocycles. The van der Waals surface area contributed by atoms with Crippen LogP contribution in [0.5, 0.6) is 0 Å². The van der Waals surface area contributed by atoms with Crippen LogP contribution in [0.3, 0.4) is 0 Å². The third-order valence-electron chi connectivity index (χ3n) is 4.05. The Morgan fingerprint density at radius 1 is 1.10 bits per heavy atom. The van der Waals surface area contributed by atoms with Crippen LogP contribution in [0, 0.1) is 0 Å². The van der Waals surface area contributed by atoms with E-state index in [-0.39, 0.29) is 5.91 Å². The molecule has 0 fully saturated rings. The van der Waals surface area contributed by atoms with Gasteiger partial charge in [-0.15, -0.1) is 0 Å². The van der Waals surface area contributed by atoms with Gasteiger partial charge in [-0.05, 0) is 36.8 Å². The highest BCUT2D eigenvalue weighted by Crippen LogP contribution is 2.22. The quantitative estimate of drug-likeness (QED) is 0.536. The highest BCUT2D eigenvalue weighted by atomic mass is 79.9. The highest BCUT2D eigenvalue weighted by Gasteiger charge is 2.22. The number of para-hydroxylation sites is 1. The fraction of sp³-hybridized carbons (Fsp3) is 0.300. The van der Waals surface area contributed by atoms with Gasteiger partial charge in [-0.2, -0.15) is 0 Å². The van der Waals surface area contributed by atoms with E-state index >= 15 is 0 Å². The summed E-state index contributed by atoms with van der Waals surface area (Å²) >= 11 is 3.30. The van der Waals surface area contributed by atoms with E-state index in [1.54, 1.807) is 48.5 Å². The van der Waals surface area contributed by atoms with Crippen molar-refractivity contribution >= 4 is 49.1 Å². The highest BCUT2D eigenvalue weighted by molar-refractivity contribution is 9.10. The second-order valence-electron chi connectivity index (χ2n) is 6.45. The summed E-state index contributed by atoms with van der Waals surface area (Å²) in [6.07, 6.45) is 2.85. The van der Waals surface area contributed by atoms with Gasteiger partial charge in [0.1, 0.15) is 6.54 Å². The zero-order chi connectivity index (χ0) is 21.4. The second-order valence-corrected chi connectivity index (χ2v) is 9.28. The molecule has 0 aliphatic rings. The number of carbonyl (C=O) groups is 2. The lowest BCUT2D eigenvalue weighted by molar-refractivity contribution is -0.114. The Morgan fingerprint density at radius 3 is 2.48 bits per heavy atom. The number of hydrogen-bond donors (Lipinski definition) is 2. The molecule has 156 valence electrons. The van der Waals surface area contributed by atoms with E-state index in [1.807, 2.05) is 6.92 Å². The first-order valence-electron chi connectivity index (χ1n) is 9.12. The maximum absolute atomic E-state index is 12.6. The lowest BCUT2D eigenvalue weighted by Gasteiger charge is -2.22. The van der Waals surface area contributed by atoms with Crippen molar-refractivity contribution in [3.05, 3.63) is 58.6 Å². The number of benzene rings is 2. The minimum Gasteiger partial charge on any atom is -0.352 e. The van der Waals surface area contributed by atoms with Gasteiger partial charge >= 0.3 is 0 Å². The van der Waals surface area contributed by atoms with Gasteiger partial charge in [-0.1, -0.05) is 47.5 Å². The summed E-state index contributed by atoms with van der Waals surface area (Å²) in [4.78, 5) is 25.0. The number of unbranched alkanes of at least 4 members (excludes halogenated alkanes) is 1. The van der Waals surface area contributed by atoms with Crippen molar-refractivity contribution in [2.24, 2.45) is 0 Å². The molecule has 0 spiro atoms. The molecule has 2 N–H and O–H groups in total. The molecule has 0 heterocycles. The van der Waals surface area contributed by atoms with Crippen molar-refractivity contribution in [1.29, 1.82) is 0 Å². The Bertz CT molecular complexity index is 979. The summed E-state index contributed by atoms with van der Waals surface area (Å²) in [6.45, 7) is 2.16. The SMILES string of the molecule is CCCCNC(=O)c1ccccc1NC(=O)CN(c1cccc(Br)c1)S(C)(=O)=O. The summed E-state index contributed by atoms with van der Waals surface area (Å²) in [7, 11) is -3.69. The first kappa shape index (κ1) is 22.9. The van der Waals surface area contributed by atoms with Gasteiger partial charge < -0.3 is 10.6 Å². The van der Waals surface area contributed by atoms with Gasteiger partial charge in [0.05, 0.1) is 23.2 Å². The van der Waals surface area contributed by atoms with Crippen LogP contribution in [-0.4, -0.2) is 39.6 Å².